The van der Waals surface area contributed by atoms with E-state index in [9.17, 15) is 24.3 Å². The second-order valence-electron chi connectivity index (χ2n) is 13.2. The van der Waals surface area contributed by atoms with Crippen LogP contribution in [0.3, 0.4) is 0 Å². The number of carbonyl (C=O) groups is 4. The zero-order valence-electron chi connectivity index (χ0n) is 34.5. The number of phenols is 1. The molecule has 0 saturated carbocycles. The molecule has 2 aromatic rings. The molecule has 0 saturated heterocycles. The molecule has 0 fully saturated rings. The van der Waals surface area contributed by atoms with E-state index >= 15 is 0 Å². The highest BCUT2D eigenvalue weighted by molar-refractivity contribution is 6.10. The molecule has 0 unspecified atom stereocenters. The highest BCUT2D eigenvalue weighted by Crippen LogP contribution is 2.29. The molecule has 0 aliphatic carbocycles. The van der Waals surface area contributed by atoms with Crippen LogP contribution < -0.4 is 24.8 Å². The van der Waals surface area contributed by atoms with Crippen LogP contribution in [0.15, 0.2) is 109 Å². The van der Waals surface area contributed by atoms with Crippen molar-refractivity contribution in [3.05, 3.63) is 120 Å². The first-order chi connectivity index (χ1) is 28.1. The number of phenolic OH excluding ortho intramolecular Hbond substituents is 1. The second-order valence-corrected chi connectivity index (χ2v) is 13.2. The molecule has 0 spiro atoms. The molecule has 0 heterocycles. The number of rotatable bonds is 28. The molecule has 312 valence electrons. The molecule has 11 heteroatoms. The molecule has 2 rings (SSSR count). The predicted octanol–water partition coefficient (Wildman–Crippen LogP) is 8.72. The highest BCUT2D eigenvalue weighted by Gasteiger charge is 2.12. The average Bonchev–Trinajstić information content (AvgIpc) is 3.21. The van der Waals surface area contributed by atoms with Crippen LogP contribution in [-0.2, 0) is 14.4 Å². The van der Waals surface area contributed by atoms with E-state index in [0.717, 1.165) is 44.9 Å². The van der Waals surface area contributed by atoms with Gasteiger partial charge in [-0.2, -0.15) is 0 Å². The number of allylic oxidation sites excluding steroid dienone is 12. The summed E-state index contributed by atoms with van der Waals surface area (Å²) in [4.78, 5) is 51.4. The molecule has 0 aliphatic heterocycles. The van der Waals surface area contributed by atoms with E-state index in [1.165, 1.54) is 32.4 Å². The maximum Gasteiger partial charge on any atom is 0.412 e. The van der Waals surface area contributed by atoms with E-state index in [2.05, 4.69) is 78.3 Å². The third-order valence-electron chi connectivity index (χ3n) is 8.38. The number of hydrogen-bond acceptors (Lipinski definition) is 9. The van der Waals surface area contributed by atoms with Gasteiger partial charge in [0, 0.05) is 32.6 Å². The van der Waals surface area contributed by atoms with E-state index in [1.54, 1.807) is 42.5 Å². The van der Waals surface area contributed by atoms with Gasteiger partial charge >= 0.3 is 6.09 Å². The van der Waals surface area contributed by atoms with Crippen LogP contribution in [-0.4, -0.2) is 81.0 Å². The van der Waals surface area contributed by atoms with Crippen molar-refractivity contribution in [3.8, 4) is 23.0 Å². The number of amides is 2. The zero-order chi connectivity index (χ0) is 42.2. The molecule has 2 amide bonds. The monoisotopic (exact) mass is 795 g/mol. The van der Waals surface area contributed by atoms with Gasteiger partial charge in [-0.25, -0.2) is 4.79 Å². The number of aromatic hydroxyl groups is 1. The first-order valence-corrected chi connectivity index (χ1v) is 19.8. The Bertz CT molecular complexity index is 1790. The highest BCUT2D eigenvalue weighted by atomic mass is 16.6. The molecule has 11 nitrogen and oxygen atoms in total. The quantitative estimate of drug-likeness (QED) is 0.0334. The Balaban J connectivity index is 1.58. The van der Waals surface area contributed by atoms with Crippen molar-refractivity contribution in [2.75, 3.05) is 47.4 Å². The topological polar surface area (TPSA) is 144 Å². The Hall–Kier alpha value is -5.94. The summed E-state index contributed by atoms with van der Waals surface area (Å²) in [6, 6.07) is 9.47. The van der Waals surface area contributed by atoms with Gasteiger partial charge in [0.25, 0.3) is 0 Å². The fraction of sp³-hybridized carbons (Fsp3) is 0.362. The van der Waals surface area contributed by atoms with Gasteiger partial charge in [-0.15, -0.1) is 0 Å². The minimum absolute atomic E-state index is 0.0135. The summed E-state index contributed by atoms with van der Waals surface area (Å²) in [5.74, 6) is 0.00564. The van der Waals surface area contributed by atoms with Crippen molar-refractivity contribution in [1.82, 2.24) is 15.5 Å². The summed E-state index contributed by atoms with van der Waals surface area (Å²) in [5, 5.41) is 15.4. The van der Waals surface area contributed by atoms with Gasteiger partial charge < -0.3 is 34.9 Å². The van der Waals surface area contributed by atoms with Crippen molar-refractivity contribution in [2.45, 2.75) is 64.7 Å². The molecule has 2 aromatic carbocycles. The lowest BCUT2D eigenvalue weighted by atomic mass is 10.1. The summed E-state index contributed by atoms with van der Waals surface area (Å²) in [7, 11) is 4.77. The van der Waals surface area contributed by atoms with E-state index in [1.807, 2.05) is 11.9 Å². The van der Waals surface area contributed by atoms with Crippen LogP contribution in [0.1, 0.15) is 75.8 Å². The van der Waals surface area contributed by atoms with E-state index in [0.29, 0.717) is 49.5 Å². The van der Waals surface area contributed by atoms with Crippen molar-refractivity contribution in [1.29, 1.82) is 0 Å². The van der Waals surface area contributed by atoms with Gasteiger partial charge in [0.2, 0.25) is 5.91 Å². The van der Waals surface area contributed by atoms with Gasteiger partial charge in [0.05, 0.1) is 20.6 Å². The number of nitrogens with one attached hydrogen (secondary N) is 2. The SMILES string of the molecule is CC/C=C\C/C=C\C/C=C\C/C=C\C/C=C\CCCC(=O)NCCN(C)CCNC(=O)Oc1ccc(/C=C/C(=O)CC(=O)/C=C/c2ccc(O)c(OC)c2)cc1OC. The number of methoxy groups -OCH3 is 2. The summed E-state index contributed by atoms with van der Waals surface area (Å²) >= 11 is 0. The first-order valence-electron chi connectivity index (χ1n) is 19.8. The third kappa shape index (κ3) is 22.6. The van der Waals surface area contributed by atoms with Crippen LogP contribution in [0, 0.1) is 0 Å². The smallest absolute Gasteiger partial charge is 0.412 e. The lowest BCUT2D eigenvalue weighted by molar-refractivity contribution is -0.122. The predicted molar refractivity (Wildman–Crippen MR) is 233 cm³/mol. The largest absolute Gasteiger partial charge is 0.504 e. The molecular weight excluding hydrogens is 735 g/mol. The molecule has 0 bridgehead atoms. The summed E-state index contributed by atoms with van der Waals surface area (Å²) < 4.78 is 15.9. The lowest BCUT2D eigenvalue weighted by Gasteiger charge is -2.17. The molecule has 0 aromatic heterocycles. The zero-order valence-corrected chi connectivity index (χ0v) is 34.5. The maximum atomic E-state index is 12.5. The van der Waals surface area contributed by atoms with Crippen LogP contribution in [0.2, 0.25) is 0 Å². The maximum absolute atomic E-state index is 12.5. The van der Waals surface area contributed by atoms with Gasteiger partial charge in [0.15, 0.2) is 34.6 Å². The number of carbonyl (C=O) groups excluding carboxylic acids is 4. The first kappa shape index (κ1) is 48.2. The minimum atomic E-state index is -0.650. The summed E-state index contributed by atoms with van der Waals surface area (Å²) in [6.45, 7) is 4.16. The Morgan fingerprint density at radius 3 is 1.76 bits per heavy atom. The molecule has 0 radical (unpaired) electrons. The van der Waals surface area contributed by atoms with Gasteiger partial charge in [-0.1, -0.05) is 92.0 Å². The number of unbranched alkanes of at least 4 members (excludes halogenated alkanes) is 1. The van der Waals surface area contributed by atoms with E-state index in [-0.39, 0.29) is 35.4 Å². The van der Waals surface area contributed by atoms with E-state index < -0.39 is 11.9 Å². The lowest BCUT2D eigenvalue weighted by Crippen LogP contribution is -2.38. The fourth-order valence-corrected chi connectivity index (χ4v) is 5.16. The van der Waals surface area contributed by atoms with Crippen LogP contribution in [0.5, 0.6) is 23.0 Å². The molecule has 58 heavy (non-hydrogen) atoms. The molecule has 0 atom stereocenters. The van der Waals surface area contributed by atoms with Gasteiger partial charge in [0.1, 0.15) is 0 Å². The average molecular weight is 796 g/mol. The number of nitrogens with zero attached hydrogens (tertiary/aromatic N) is 1. The van der Waals surface area contributed by atoms with Crippen LogP contribution in [0.25, 0.3) is 12.2 Å². The normalized spacial score (nSPS) is 12.0. The number of likely N-dealkylation sites (N-methyl/N-ethyl adjacent to an activating group) is 1. The Kier molecular flexibility index (Phi) is 25.1. The second kappa shape index (κ2) is 30.2. The molecule has 3 N–H and O–H groups in total. The number of ether oxygens (including phenoxy) is 3. The number of benzene rings is 2. The Morgan fingerprint density at radius 2 is 1.19 bits per heavy atom. The van der Waals surface area contributed by atoms with Crippen molar-refractivity contribution < 1.29 is 38.5 Å². The van der Waals surface area contributed by atoms with E-state index in [4.69, 9.17) is 14.2 Å². The Morgan fingerprint density at radius 1 is 0.672 bits per heavy atom. The molecule has 0 aliphatic rings. The van der Waals surface area contributed by atoms with Gasteiger partial charge in [-0.3, -0.25) is 14.4 Å². The summed E-state index contributed by atoms with van der Waals surface area (Å²) in [5.41, 5.74) is 1.25. The van der Waals surface area contributed by atoms with Crippen LogP contribution >= 0.6 is 0 Å². The standard InChI is InChI=1S/C47H61N3O8/c1-5-6-7-8-9-10-11-12-13-14-15-16-17-18-19-20-21-22-46(54)48-31-33-50(2)34-32-49-47(55)58-43-30-26-39(36-45(43)57-4)24-28-41(52)37-40(51)27-23-38-25-29-42(53)44(35-38)56-3/h6-7,9-10,12-13,15-16,18-19,23-30,35-36,53H,5,8,11,14,17,20-22,31-34,37H2,1-4H3,(H,48,54)(H,49,55)/b7-6-,10-9-,13-12-,16-15-,19-18-,27-23+,28-24+. The van der Waals surface area contributed by atoms with Crippen molar-refractivity contribution in [2.24, 2.45) is 0 Å². The van der Waals surface area contributed by atoms with Crippen LogP contribution in [0.4, 0.5) is 4.79 Å². The van der Waals surface area contributed by atoms with Crippen molar-refractivity contribution in [3.63, 3.8) is 0 Å². The number of hydrogen-bond donors (Lipinski definition) is 3. The fourth-order valence-electron chi connectivity index (χ4n) is 5.16. The minimum Gasteiger partial charge on any atom is -0.504 e. The van der Waals surface area contributed by atoms with Gasteiger partial charge in [-0.05, 0) is 99.5 Å². The third-order valence-corrected chi connectivity index (χ3v) is 8.38. The number of ketones is 2. The van der Waals surface area contributed by atoms with Crippen molar-refractivity contribution >= 4 is 35.7 Å². The summed E-state index contributed by atoms with van der Waals surface area (Å²) in [6.07, 6.45) is 33.4. The molecular formula is C47H61N3O8. The Labute approximate surface area is 344 Å².